The molecular weight excluding hydrogens is 554 g/mol. The molecule has 9 heteroatoms. The Labute approximate surface area is 248 Å². The van der Waals surface area contributed by atoms with Crippen molar-refractivity contribution in [1.29, 1.82) is 0 Å². The molecule has 2 N–H and O–H groups in total. The number of ether oxygens (including phenoxy) is 1. The summed E-state index contributed by atoms with van der Waals surface area (Å²) >= 11 is 12.2. The van der Waals surface area contributed by atoms with Crippen molar-refractivity contribution in [2.75, 3.05) is 16.8 Å². The Morgan fingerprint density at radius 3 is 2.49 bits per heavy atom. The maximum atomic E-state index is 12.5. The lowest BCUT2D eigenvalue weighted by Crippen LogP contribution is -2.30. The molecule has 0 unspecified atom stereocenters. The van der Waals surface area contributed by atoms with Gasteiger partial charge in [-0.25, -0.2) is 0 Å². The summed E-state index contributed by atoms with van der Waals surface area (Å²) in [5.41, 5.74) is 4.39. The molecule has 2 aromatic heterocycles. The number of nitrogens with one attached hydrogen (secondary N) is 2. The molecule has 1 saturated heterocycles. The van der Waals surface area contributed by atoms with E-state index in [4.69, 9.17) is 28.6 Å². The monoisotopic (exact) mass is 579 g/mol. The Bertz CT molecular complexity index is 1660. The zero-order chi connectivity index (χ0) is 28.2. The highest BCUT2D eigenvalue weighted by Gasteiger charge is 2.42. The second-order valence-electron chi connectivity index (χ2n) is 9.48. The van der Waals surface area contributed by atoms with Crippen molar-refractivity contribution in [3.63, 3.8) is 0 Å². The number of pyridine rings is 1. The number of benzene rings is 3. The van der Waals surface area contributed by atoms with Gasteiger partial charge in [0, 0.05) is 40.2 Å². The van der Waals surface area contributed by atoms with Gasteiger partial charge in [0.1, 0.15) is 11.8 Å². The van der Waals surface area contributed by atoms with E-state index in [9.17, 15) is 4.79 Å². The first-order chi connectivity index (χ1) is 20.1. The fourth-order valence-electron chi connectivity index (χ4n) is 5.00. The van der Waals surface area contributed by atoms with Gasteiger partial charge in [0.15, 0.2) is 11.7 Å². The Kier molecular flexibility index (Phi) is 7.67. The van der Waals surface area contributed by atoms with Gasteiger partial charge in [-0.05, 0) is 91.1 Å². The first-order valence-electron chi connectivity index (χ1n) is 13.1. The van der Waals surface area contributed by atoms with E-state index in [0.29, 0.717) is 21.6 Å². The Hall–Kier alpha value is -4.66. The van der Waals surface area contributed by atoms with Gasteiger partial charge in [-0.3, -0.25) is 9.78 Å². The van der Waals surface area contributed by atoms with Crippen molar-refractivity contribution >= 4 is 46.2 Å². The molecule has 0 bridgehead atoms. The van der Waals surface area contributed by atoms with Crippen LogP contribution in [0.3, 0.4) is 0 Å². The Balaban J connectivity index is 1.29. The summed E-state index contributed by atoms with van der Waals surface area (Å²) in [6.07, 6.45) is 3.81. The summed E-state index contributed by atoms with van der Waals surface area (Å²) in [4.78, 5) is 19.2. The smallest absolute Gasteiger partial charge is 0.262 e. The molecule has 0 aliphatic carbocycles. The highest BCUT2D eigenvalue weighted by Crippen LogP contribution is 2.42. The minimum absolute atomic E-state index is 0.0831. The van der Waals surface area contributed by atoms with Crippen LogP contribution in [0.15, 0.2) is 122 Å². The molecule has 1 fully saturated rings. The molecular formula is C32H26ClN5O2S. The number of halogens is 1. The zero-order valence-corrected chi connectivity index (χ0v) is 23.4. The van der Waals surface area contributed by atoms with Gasteiger partial charge in [-0.2, -0.15) is 0 Å². The van der Waals surface area contributed by atoms with E-state index >= 15 is 0 Å². The van der Waals surface area contributed by atoms with Crippen molar-refractivity contribution in [3.8, 4) is 11.4 Å². The lowest BCUT2D eigenvalue weighted by molar-refractivity contribution is -0.118. The molecule has 3 heterocycles. The van der Waals surface area contributed by atoms with E-state index in [1.165, 1.54) is 0 Å². The third-order valence-electron chi connectivity index (χ3n) is 6.81. The molecule has 1 aliphatic rings. The first-order valence-corrected chi connectivity index (χ1v) is 13.9. The van der Waals surface area contributed by atoms with Gasteiger partial charge < -0.3 is 24.8 Å². The molecule has 5 aromatic rings. The van der Waals surface area contributed by atoms with E-state index < -0.39 is 0 Å². The zero-order valence-electron chi connectivity index (χ0n) is 21.9. The molecule has 0 saturated carbocycles. The minimum Gasteiger partial charge on any atom is -0.484 e. The third kappa shape index (κ3) is 5.79. The SMILES string of the molecule is O=C(COc1ccccc1)Nc1ccc(N2C(=S)N[C@@H](c3ccccn3)[C@H]2c2cccn2-c2cccc(Cl)c2)cc1. The molecule has 6 rings (SSSR count). The first kappa shape index (κ1) is 26.6. The van der Waals surface area contributed by atoms with E-state index in [1.54, 1.807) is 6.20 Å². The van der Waals surface area contributed by atoms with Gasteiger partial charge in [-0.1, -0.05) is 41.9 Å². The maximum Gasteiger partial charge on any atom is 0.262 e. The van der Waals surface area contributed by atoms with E-state index in [0.717, 1.165) is 22.8 Å². The van der Waals surface area contributed by atoms with Gasteiger partial charge in [0.25, 0.3) is 5.91 Å². The molecule has 1 amide bonds. The number of anilines is 2. The highest BCUT2D eigenvalue weighted by atomic mass is 35.5. The van der Waals surface area contributed by atoms with Crippen LogP contribution in [0.4, 0.5) is 11.4 Å². The number of nitrogens with zero attached hydrogens (tertiary/aromatic N) is 3. The van der Waals surface area contributed by atoms with Gasteiger partial charge in [-0.15, -0.1) is 0 Å². The standard InChI is InChI=1S/C32H26ClN5O2S/c33-22-8-6-9-25(20-22)37-19-7-13-28(37)31-30(27-12-4-5-18-34-27)36-32(41)38(31)24-16-14-23(15-17-24)35-29(39)21-40-26-10-2-1-3-11-26/h1-20,30-31H,21H2,(H,35,39)(H,36,41)/t30-,31+/m0/s1. The number of carbonyl (C=O) groups excluding carboxylic acids is 1. The molecule has 1 aliphatic heterocycles. The van der Waals surface area contributed by atoms with Crippen LogP contribution < -0.4 is 20.3 Å². The van der Waals surface area contributed by atoms with Crippen LogP contribution in [0, 0.1) is 0 Å². The van der Waals surface area contributed by atoms with Crippen LogP contribution in [0.5, 0.6) is 5.75 Å². The summed E-state index contributed by atoms with van der Waals surface area (Å²) in [5, 5.41) is 7.63. The molecule has 0 radical (unpaired) electrons. The predicted octanol–water partition coefficient (Wildman–Crippen LogP) is 6.72. The van der Waals surface area contributed by atoms with Crippen LogP contribution in [0.2, 0.25) is 5.02 Å². The lowest BCUT2D eigenvalue weighted by atomic mass is 10.0. The number of para-hydroxylation sites is 1. The van der Waals surface area contributed by atoms with Crippen molar-refractivity contribution < 1.29 is 9.53 Å². The number of hydrogen-bond donors (Lipinski definition) is 2. The summed E-state index contributed by atoms with van der Waals surface area (Å²) in [6, 6.07) is 34.2. The van der Waals surface area contributed by atoms with E-state index in [-0.39, 0.29) is 24.6 Å². The fourth-order valence-corrected chi connectivity index (χ4v) is 5.53. The topological polar surface area (TPSA) is 71.4 Å². The minimum atomic E-state index is -0.243. The average molecular weight is 580 g/mol. The van der Waals surface area contributed by atoms with Crippen molar-refractivity contribution in [2.45, 2.75) is 12.1 Å². The van der Waals surface area contributed by atoms with Gasteiger partial charge in [0.2, 0.25) is 0 Å². The average Bonchev–Trinajstić information content (AvgIpc) is 3.62. The second-order valence-corrected chi connectivity index (χ2v) is 10.3. The van der Waals surface area contributed by atoms with Crippen molar-refractivity contribution in [2.24, 2.45) is 0 Å². The second kappa shape index (κ2) is 11.8. The normalized spacial score (nSPS) is 16.3. The van der Waals surface area contributed by atoms with Crippen LogP contribution >= 0.6 is 23.8 Å². The quantitative estimate of drug-likeness (QED) is 0.199. The van der Waals surface area contributed by atoms with Crippen LogP contribution in [-0.2, 0) is 4.79 Å². The van der Waals surface area contributed by atoms with Gasteiger partial charge in [0.05, 0.1) is 11.7 Å². The number of aromatic nitrogens is 2. The summed E-state index contributed by atoms with van der Waals surface area (Å²) in [5.74, 6) is 0.400. The third-order valence-corrected chi connectivity index (χ3v) is 7.36. The van der Waals surface area contributed by atoms with Crippen LogP contribution in [-0.4, -0.2) is 27.2 Å². The predicted molar refractivity (Wildman–Crippen MR) is 166 cm³/mol. The molecule has 2 atom stereocenters. The summed E-state index contributed by atoms with van der Waals surface area (Å²) in [6.45, 7) is -0.0831. The van der Waals surface area contributed by atoms with Crippen LogP contribution in [0.1, 0.15) is 23.5 Å². The molecule has 3 aromatic carbocycles. The largest absolute Gasteiger partial charge is 0.484 e. The number of hydrogen-bond acceptors (Lipinski definition) is 4. The van der Waals surface area contributed by atoms with E-state index in [1.807, 2.05) is 109 Å². The van der Waals surface area contributed by atoms with Crippen molar-refractivity contribution in [3.05, 3.63) is 138 Å². The summed E-state index contributed by atoms with van der Waals surface area (Å²) < 4.78 is 7.68. The maximum absolute atomic E-state index is 12.5. The Morgan fingerprint density at radius 2 is 1.73 bits per heavy atom. The molecule has 204 valence electrons. The molecule has 7 nitrogen and oxygen atoms in total. The van der Waals surface area contributed by atoms with E-state index in [2.05, 4.69) is 31.2 Å². The number of amides is 1. The molecule has 41 heavy (non-hydrogen) atoms. The number of rotatable bonds is 8. The highest BCUT2D eigenvalue weighted by molar-refractivity contribution is 7.80. The lowest BCUT2D eigenvalue weighted by Gasteiger charge is -2.29. The van der Waals surface area contributed by atoms with Gasteiger partial charge >= 0.3 is 0 Å². The van der Waals surface area contributed by atoms with Crippen LogP contribution in [0.25, 0.3) is 5.69 Å². The molecule has 0 spiro atoms. The fraction of sp³-hybridized carbons (Fsp3) is 0.0938. The summed E-state index contributed by atoms with van der Waals surface area (Å²) in [7, 11) is 0. The number of carbonyl (C=O) groups is 1. The Morgan fingerprint density at radius 1 is 0.927 bits per heavy atom. The van der Waals surface area contributed by atoms with Crippen molar-refractivity contribution in [1.82, 2.24) is 14.9 Å². The number of thiocarbonyl (C=S) groups is 1.